The van der Waals surface area contributed by atoms with Gasteiger partial charge in [-0.1, -0.05) is 17.8 Å². The van der Waals surface area contributed by atoms with Gasteiger partial charge in [-0.2, -0.15) is 0 Å². The SMILES string of the molecule is COc1ccc(CSc2nnc(CN)n2C)cc1F. The van der Waals surface area contributed by atoms with Crippen molar-refractivity contribution in [2.45, 2.75) is 17.5 Å². The number of hydrogen-bond acceptors (Lipinski definition) is 5. The molecule has 0 atom stereocenters. The summed E-state index contributed by atoms with van der Waals surface area (Å²) in [7, 11) is 3.31. The average molecular weight is 282 g/mol. The molecule has 1 heterocycles. The molecule has 0 radical (unpaired) electrons. The lowest BCUT2D eigenvalue weighted by Gasteiger charge is -2.05. The second-order valence-corrected chi connectivity index (χ2v) is 4.86. The number of rotatable bonds is 5. The third-order valence-electron chi connectivity index (χ3n) is 2.69. The molecule has 0 aliphatic rings. The molecular weight excluding hydrogens is 267 g/mol. The molecular formula is C12H15FN4OS. The van der Waals surface area contributed by atoms with Crippen molar-refractivity contribution in [1.82, 2.24) is 14.8 Å². The van der Waals surface area contributed by atoms with Gasteiger partial charge >= 0.3 is 0 Å². The lowest BCUT2D eigenvalue weighted by molar-refractivity contribution is 0.386. The minimum atomic E-state index is -0.360. The Bertz CT molecular complexity index is 573. The van der Waals surface area contributed by atoms with Crippen molar-refractivity contribution < 1.29 is 9.13 Å². The Morgan fingerprint density at radius 2 is 2.21 bits per heavy atom. The van der Waals surface area contributed by atoms with Gasteiger partial charge in [-0.15, -0.1) is 10.2 Å². The van der Waals surface area contributed by atoms with E-state index in [0.29, 0.717) is 12.3 Å². The number of hydrogen-bond donors (Lipinski definition) is 1. The summed E-state index contributed by atoms with van der Waals surface area (Å²) in [5, 5.41) is 8.76. The summed E-state index contributed by atoms with van der Waals surface area (Å²) in [6.07, 6.45) is 0. The van der Waals surface area contributed by atoms with Gasteiger partial charge in [0.25, 0.3) is 0 Å². The molecule has 5 nitrogen and oxygen atoms in total. The Morgan fingerprint density at radius 3 is 2.79 bits per heavy atom. The van der Waals surface area contributed by atoms with E-state index in [1.54, 1.807) is 6.07 Å². The van der Waals surface area contributed by atoms with Crippen LogP contribution in [0, 0.1) is 5.82 Å². The molecule has 2 rings (SSSR count). The van der Waals surface area contributed by atoms with Crippen LogP contribution in [0.25, 0.3) is 0 Å². The molecule has 1 aromatic carbocycles. The highest BCUT2D eigenvalue weighted by Crippen LogP contribution is 2.24. The predicted octanol–water partition coefficient (Wildman–Crippen LogP) is 1.71. The average Bonchev–Trinajstić information content (AvgIpc) is 2.77. The molecule has 7 heteroatoms. The fraction of sp³-hybridized carbons (Fsp3) is 0.333. The highest BCUT2D eigenvalue weighted by atomic mass is 32.2. The van der Waals surface area contributed by atoms with Crippen LogP contribution in [0.1, 0.15) is 11.4 Å². The third kappa shape index (κ3) is 3.05. The van der Waals surface area contributed by atoms with Crippen LogP contribution < -0.4 is 10.5 Å². The van der Waals surface area contributed by atoms with E-state index in [9.17, 15) is 4.39 Å². The zero-order valence-electron chi connectivity index (χ0n) is 10.8. The van der Waals surface area contributed by atoms with Crippen LogP contribution in [0.5, 0.6) is 5.75 Å². The van der Waals surface area contributed by atoms with Crippen LogP contribution >= 0.6 is 11.8 Å². The maximum absolute atomic E-state index is 13.5. The minimum Gasteiger partial charge on any atom is -0.494 e. The first-order valence-corrected chi connectivity index (χ1v) is 6.67. The van der Waals surface area contributed by atoms with Gasteiger partial charge in [-0.3, -0.25) is 0 Å². The van der Waals surface area contributed by atoms with E-state index in [1.807, 2.05) is 17.7 Å². The van der Waals surface area contributed by atoms with Gasteiger partial charge in [0.05, 0.1) is 13.7 Å². The van der Waals surface area contributed by atoms with Crippen LogP contribution in [0.4, 0.5) is 4.39 Å². The third-order valence-corrected chi connectivity index (χ3v) is 3.78. The molecule has 0 saturated heterocycles. The van der Waals surface area contributed by atoms with Crippen LogP contribution in [-0.2, 0) is 19.3 Å². The van der Waals surface area contributed by atoms with E-state index in [0.717, 1.165) is 16.5 Å². The van der Waals surface area contributed by atoms with Crippen molar-refractivity contribution in [2.24, 2.45) is 12.8 Å². The van der Waals surface area contributed by atoms with Crippen molar-refractivity contribution in [3.8, 4) is 5.75 Å². The summed E-state index contributed by atoms with van der Waals surface area (Å²) < 4.78 is 20.2. The van der Waals surface area contributed by atoms with Crippen molar-refractivity contribution >= 4 is 11.8 Å². The Labute approximate surface area is 115 Å². The Kier molecular flexibility index (Phi) is 4.39. The highest BCUT2D eigenvalue weighted by Gasteiger charge is 2.09. The van der Waals surface area contributed by atoms with E-state index in [2.05, 4.69) is 10.2 Å². The lowest BCUT2D eigenvalue weighted by atomic mass is 10.2. The number of nitrogens with zero attached hydrogens (tertiary/aromatic N) is 3. The Hall–Kier alpha value is -1.60. The minimum absolute atomic E-state index is 0.248. The monoisotopic (exact) mass is 282 g/mol. The van der Waals surface area contributed by atoms with Gasteiger partial charge in [0.2, 0.25) is 0 Å². The van der Waals surface area contributed by atoms with Crippen LogP contribution in [0.3, 0.4) is 0 Å². The van der Waals surface area contributed by atoms with Crippen molar-refractivity contribution in [1.29, 1.82) is 0 Å². The standard InChI is InChI=1S/C12H15FN4OS/c1-17-11(6-14)15-16-12(17)19-7-8-3-4-10(18-2)9(13)5-8/h3-5H,6-7,14H2,1-2H3. The summed E-state index contributed by atoms with van der Waals surface area (Å²) in [6.45, 7) is 0.348. The normalized spacial score (nSPS) is 10.7. The van der Waals surface area contributed by atoms with Gasteiger partial charge < -0.3 is 15.0 Å². The van der Waals surface area contributed by atoms with Crippen molar-refractivity contribution in [2.75, 3.05) is 7.11 Å². The maximum atomic E-state index is 13.5. The number of nitrogens with two attached hydrogens (primary N) is 1. The number of aromatic nitrogens is 3. The summed E-state index contributed by atoms with van der Waals surface area (Å²) in [5.74, 6) is 1.22. The first kappa shape index (κ1) is 13.8. The zero-order chi connectivity index (χ0) is 13.8. The molecule has 0 aliphatic heterocycles. The van der Waals surface area contributed by atoms with Crippen LogP contribution in [-0.4, -0.2) is 21.9 Å². The van der Waals surface area contributed by atoms with Gasteiger partial charge in [0.15, 0.2) is 16.7 Å². The summed E-state index contributed by atoms with van der Waals surface area (Å²) in [5.41, 5.74) is 6.39. The molecule has 19 heavy (non-hydrogen) atoms. The molecule has 0 bridgehead atoms. The Morgan fingerprint density at radius 1 is 1.42 bits per heavy atom. The fourth-order valence-electron chi connectivity index (χ4n) is 1.60. The molecule has 0 fully saturated rings. The number of benzene rings is 1. The van der Waals surface area contributed by atoms with Crippen molar-refractivity contribution in [3.05, 3.63) is 35.4 Å². The van der Waals surface area contributed by atoms with E-state index < -0.39 is 0 Å². The van der Waals surface area contributed by atoms with Crippen LogP contribution in [0.2, 0.25) is 0 Å². The molecule has 102 valence electrons. The van der Waals surface area contributed by atoms with Gasteiger partial charge in [-0.05, 0) is 17.7 Å². The van der Waals surface area contributed by atoms with Gasteiger partial charge in [0.1, 0.15) is 5.82 Å². The molecule has 2 N–H and O–H groups in total. The number of halogens is 1. The Balaban J connectivity index is 2.06. The molecule has 0 aliphatic carbocycles. The van der Waals surface area contributed by atoms with Crippen LogP contribution in [0.15, 0.2) is 23.4 Å². The predicted molar refractivity (Wildman–Crippen MR) is 71.4 cm³/mol. The highest BCUT2D eigenvalue weighted by molar-refractivity contribution is 7.98. The molecule has 0 spiro atoms. The summed E-state index contributed by atoms with van der Waals surface area (Å²) in [6, 6.07) is 4.91. The van der Waals surface area contributed by atoms with E-state index >= 15 is 0 Å². The second kappa shape index (κ2) is 6.03. The maximum Gasteiger partial charge on any atom is 0.191 e. The first-order valence-electron chi connectivity index (χ1n) is 5.69. The zero-order valence-corrected chi connectivity index (χ0v) is 11.6. The largest absolute Gasteiger partial charge is 0.494 e. The number of methoxy groups -OCH3 is 1. The smallest absolute Gasteiger partial charge is 0.191 e. The van der Waals surface area contributed by atoms with Gasteiger partial charge in [-0.25, -0.2) is 4.39 Å². The number of thioether (sulfide) groups is 1. The number of ether oxygens (including phenoxy) is 1. The molecule has 0 amide bonds. The lowest BCUT2D eigenvalue weighted by Crippen LogP contribution is -2.05. The summed E-state index contributed by atoms with van der Waals surface area (Å²) in [4.78, 5) is 0. The fourth-order valence-corrected chi connectivity index (χ4v) is 2.47. The summed E-state index contributed by atoms with van der Waals surface area (Å²) >= 11 is 1.48. The van der Waals surface area contributed by atoms with Gasteiger partial charge in [0, 0.05) is 12.8 Å². The molecule has 0 saturated carbocycles. The molecule has 1 aromatic heterocycles. The van der Waals surface area contributed by atoms with E-state index in [4.69, 9.17) is 10.5 Å². The topological polar surface area (TPSA) is 66.0 Å². The van der Waals surface area contributed by atoms with E-state index in [1.165, 1.54) is 24.9 Å². The second-order valence-electron chi connectivity index (χ2n) is 3.92. The molecule has 0 unspecified atom stereocenters. The molecule has 2 aromatic rings. The van der Waals surface area contributed by atoms with E-state index in [-0.39, 0.29) is 11.6 Å². The quantitative estimate of drug-likeness (QED) is 0.846. The van der Waals surface area contributed by atoms with Crippen molar-refractivity contribution in [3.63, 3.8) is 0 Å². The first-order chi connectivity index (χ1) is 9.15.